The van der Waals surface area contributed by atoms with E-state index in [9.17, 15) is 4.39 Å². The van der Waals surface area contributed by atoms with Gasteiger partial charge in [0.25, 0.3) is 0 Å². The molecule has 0 unspecified atom stereocenters. The predicted molar refractivity (Wildman–Crippen MR) is 92.3 cm³/mol. The molecule has 0 aliphatic rings. The summed E-state index contributed by atoms with van der Waals surface area (Å²) in [5.41, 5.74) is 2.61. The van der Waals surface area contributed by atoms with Crippen molar-refractivity contribution < 1.29 is 9.13 Å². The summed E-state index contributed by atoms with van der Waals surface area (Å²) < 4.78 is 22.2. The number of aromatic amines is 1. The molecule has 0 aliphatic heterocycles. The lowest BCUT2D eigenvalue weighted by Crippen LogP contribution is -1.98. The first kappa shape index (κ1) is 14.5. The van der Waals surface area contributed by atoms with Crippen LogP contribution < -0.4 is 4.74 Å². The molecule has 0 radical (unpaired) electrons. The molecule has 6 heteroatoms. The fraction of sp³-hybridized carbons (Fsp3) is 0.133. The summed E-state index contributed by atoms with van der Waals surface area (Å²) >= 11 is 7.54. The molecule has 0 spiro atoms. The molecule has 3 rings (SSSR count). The average molecular weight is 414 g/mol. The first-order chi connectivity index (χ1) is 10.1. The number of rotatable bonds is 3. The monoisotopic (exact) mass is 414 g/mol. The Balaban J connectivity index is 2.30. The van der Waals surface area contributed by atoms with Gasteiger partial charge in [0.2, 0.25) is 0 Å². The van der Waals surface area contributed by atoms with Crippen LogP contribution in [0, 0.1) is 14.2 Å². The normalized spacial score (nSPS) is 11.0. The number of halogens is 2. The molecular weight excluding hydrogens is 402 g/mol. The van der Waals surface area contributed by atoms with Crippen LogP contribution in [-0.4, -0.2) is 16.2 Å². The van der Waals surface area contributed by atoms with E-state index in [1.54, 1.807) is 6.07 Å². The second-order valence-electron chi connectivity index (χ2n) is 4.44. The van der Waals surface area contributed by atoms with E-state index in [2.05, 4.69) is 27.6 Å². The molecule has 0 saturated heterocycles. The first-order valence-corrected chi connectivity index (χ1v) is 7.92. The smallest absolute Gasteiger partial charge is 0.182 e. The van der Waals surface area contributed by atoms with Gasteiger partial charge >= 0.3 is 0 Å². The molecule has 3 nitrogen and oxygen atoms in total. The van der Waals surface area contributed by atoms with Gasteiger partial charge in [-0.3, -0.25) is 4.57 Å². The molecule has 0 fully saturated rings. The van der Waals surface area contributed by atoms with Crippen LogP contribution >= 0.6 is 34.8 Å². The van der Waals surface area contributed by atoms with Gasteiger partial charge in [-0.15, -0.1) is 0 Å². The van der Waals surface area contributed by atoms with Crippen molar-refractivity contribution in [2.45, 2.75) is 6.92 Å². The minimum Gasteiger partial charge on any atom is -0.492 e. The van der Waals surface area contributed by atoms with Crippen molar-refractivity contribution in [2.24, 2.45) is 0 Å². The zero-order chi connectivity index (χ0) is 15.0. The Morgan fingerprint density at radius 2 is 2.14 bits per heavy atom. The van der Waals surface area contributed by atoms with E-state index in [1.807, 2.05) is 29.7 Å². The minimum atomic E-state index is -0.260. The lowest BCUT2D eigenvalue weighted by Gasteiger charge is -2.08. The molecule has 1 heterocycles. The van der Waals surface area contributed by atoms with E-state index in [0.29, 0.717) is 11.4 Å². The molecular formula is C15H12FIN2OS. The van der Waals surface area contributed by atoms with E-state index in [0.717, 1.165) is 26.0 Å². The van der Waals surface area contributed by atoms with E-state index < -0.39 is 0 Å². The van der Waals surface area contributed by atoms with Crippen molar-refractivity contribution in [2.75, 3.05) is 6.61 Å². The highest BCUT2D eigenvalue weighted by Crippen LogP contribution is 2.29. The summed E-state index contributed by atoms with van der Waals surface area (Å²) in [6.07, 6.45) is 0. The van der Waals surface area contributed by atoms with Gasteiger partial charge in [-0.25, -0.2) is 4.39 Å². The highest BCUT2D eigenvalue weighted by Gasteiger charge is 2.12. The van der Waals surface area contributed by atoms with Crippen LogP contribution in [0.15, 0.2) is 36.4 Å². The van der Waals surface area contributed by atoms with Crippen molar-refractivity contribution in [3.8, 4) is 11.4 Å². The van der Waals surface area contributed by atoms with Crippen LogP contribution in [0.25, 0.3) is 16.7 Å². The topological polar surface area (TPSA) is 29.9 Å². The van der Waals surface area contributed by atoms with Crippen molar-refractivity contribution in [1.29, 1.82) is 0 Å². The highest BCUT2D eigenvalue weighted by molar-refractivity contribution is 14.1. The number of para-hydroxylation sites is 1. The lowest BCUT2D eigenvalue weighted by atomic mass is 10.2. The number of fused-ring (bicyclic) bond motifs is 1. The van der Waals surface area contributed by atoms with Gasteiger partial charge in [-0.2, -0.15) is 0 Å². The Bertz CT molecular complexity index is 872. The standard InChI is InChI=1S/C15H12FIN2OS/c1-2-20-13-5-3-4-12-14(13)18-15(21)19(12)11-7-6-9(16)8-10(11)17/h3-8H,2H2,1H3,(H,18,21). The number of hydrogen-bond acceptors (Lipinski definition) is 2. The third-order valence-corrected chi connectivity index (χ3v) is 4.28. The van der Waals surface area contributed by atoms with E-state index >= 15 is 0 Å². The van der Waals surface area contributed by atoms with Crippen LogP contribution in [0.1, 0.15) is 6.92 Å². The number of nitrogens with one attached hydrogen (secondary N) is 1. The maximum atomic E-state index is 13.3. The Kier molecular flexibility index (Phi) is 3.99. The van der Waals surface area contributed by atoms with Crippen molar-refractivity contribution >= 4 is 45.8 Å². The largest absolute Gasteiger partial charge is 0.492 e. The Morgan fingerprint density at radius 1 is 1.33 bits per heavy atom. The number of ether oxygens (including phenoxy) is 1. The van der Waals surface area contributed by atoms with Gasteiger partial charge in [0.1, 0.15) is 17.1 Å². The van der Waals surface area contributed by atoms with E-state index in [4.69, 9.17) is 17.0 Å². The molecule has 2 aromatic carbocycles. The average Bonchev–Trinajstić information content (AvgIpc) is 2.77. The summed E-state index contributed by atoms with van der Waals surface area (Å²) in [6, 6.07) is 10.4. The second-order valence-corrected chi connectivity index (χ2v) is 5.99. The van der Waals surface area contributed by atoms with Gasteiger partial charge in [-0.05, 0) is 72.1 Å². The Labute approximate surface area is 139 Å². The van der Waals surface area contributed by atoms with Crippen molar-refractivity contribution in [1.82, 2.24) is 9.55 Å². The summed E-state index contributed by atoms with van der Waals surface area (Å²) in [6.45, 7) is 2.52. The quantitative estimate of drug-likeness (QED) is 0.492. The summed E-state index contributed by atoms with van der Waals surface area (Å²) in [5.74, 6) is 0.501. The molecule has 3 aromatic rings. The number of imidazole rings is 1. The van der Waals surface area contributed by atoms with Gasteiger partial charge in [0.05, 0.1) is 17.8 Å². The van der Waals surface area contributed by atoms with Crippen LogP contribution in [-0.2, 0) is 0 Å². The van der Waals surface area contributed by atoms with E-state index in [1.165, 1.54) is 12.1 Å². The fourth-order valence-electron chi connectivity index (χ4n) is 2.28. The van der Waals surface area contributed by atoms with Crippen LogP contribution in [0.2, 0.25) is 0 Å². The van der Waals surface area contributed by atoms with Gasteiger partial charge < -0.3 is 9.72 Å². The number of H-pyrrole nitrogens is 1. The van der Waals surface area contributed by atoms with Crippen molar-refractivity contribution in [3.63, 3.8) is 0 Å². The maximum Gasteiger partial charge on any atom is 0.182 e. The Hall–Kier alpha value is -1.41. The molecule has 1 aromatic heterocycles. The summed E-state index contributed by atoms with van der Waals surface area (Å²) in [7, 11) is 0. The van der Waals surface area contributed by atoms with Gasteiger partial charge in [-0.1, -0.05) is 6.07 Å². The number of nitrogens with zero attached hydrogens (tertiary/aromatic N) is 1. The van der Waals surface area contributed by atoms with Gasteiger partial charge in [0.15, 0.2) is 4.77 Å². The third-order valence-electron chi connectivity index (χ3n) is 3.13. The van der Waals surface area contributed by atoms with Crippen LogP contribution in [0.4, 0.5) is 4.39 Å². The van der Waals surface area contributed by atoms with Gasteiger partial charge in [0, 0.05) is 3.57 Å². The fourth-order valence-corrected chi connectivity index (χ4v) is 3.30. The van der Waals surface area contributed by atoms with Crippen LogP contribution in [0.3, 0.4) is 0 Å². The minimum absolute atomic E-state index is 0.260. The molecule has 0 saturated carbocycles. The molecule has 1 N–H and O–H groups in total. The first-order valence-electron chi connectivity index (χ1n) is 6.43. The number of hydrogen-bond donors (Lipinski definition) is 1. The molecule has 108 valence electrons. The summed E-state index contributed by atoms with van der Waals surface area (Å²) in [5, 5.41) is 0. The molecule has 0 bridgehead atoms. The molecule has 0 amide bonds. The van der Waals surface area contributed by atoms with Crippen molar-refractivity contribution in [3.05, 3.63) is 50.6 Å². The third kappa shape index (κ3) is 2.57. The Morgan fingerprint density at radius 3 is 2.86 bits per heavy atom. The number of benzene rings is 2. The SMILES string of the molecule is CCOc1cccc2c1[nH]c(=S)n2-c1ccc(F)cc1I. The molecule has 0 aliphatic carbocycles. The second kappa shape index (κ2) is 5.76. The summed E-state index contributed by atoms with van der Waals surface area (Å²) in [4.78, 5) is 3.18. The molecule has 21 heavy (non-hydrogen) atoms. The number of aromatic nitrogens is 2. The zero-order valence-electron chi connectivity index (χ0n) is 11.2. The lowest BCUT2D eigenvalue weighted by molar-refractivity contribution is 0.343. The highest BCUT2D eigenvalue weighted by atomic mass is 127. The van der Waals surface area contributed by atoms with E-state index in [-0.39, 0.29) is 5.82 Å². The zero-order valence-corrected chi connectivity index (χ0v) is 14.2. The predicted octanol–water partition coefficient (Wildman–Crippen LogP) is 4.83. The molecule has 0 atom stereocenters. The van der Waals surface area contributed by atoms with Crippen LogP contribution in [0.5, 0.6) is 5.75 Å². The maximum absolute atomic E-state index is 13.3.